The number of amides is 1. The molecule has 2 spiro atoms. The molecular formula is C33H55NO6. The maximum atomic E-state index is 12.6. The summed E-state index contributed by atoms with van der Waals surface area (Å²) in [6.07, 6.45) is 5.50. The maximum absolute atomic E-state index is 12.6. The number of hydrogen-bond acceptors (Lipinski definition) is 6. The van der Waals surface area contributed by atoms with Crippen LogP contribution in [0.15, 0.2) is 0 Å². The molecule has 1 aliphatic heterocycles. The number of fused-ring (bicyclic) bond motifs is 4. The second kappa shape index (κ2) is 8.60. The van der Waals surface area contributed by atoms with Crippen LogP contribution in [-0.4, -0.2) is 76.5 Å². The van der Waals surface area contributed by atoms with Crippen molar-refractivity contribution in [1.82, 2.24) is 4.90 Å². The number of nitrogens with zero attached hydrogens (tertiary/aromatic N) is 1. The van der Waals surface area contributed by atoms with Gasteiger partial charge in [0.1, 0.15) is 0 Å². The van der Waals surface area contributed by atoms with Crippen molar-refractivity contribution in [3.8, 4) is 0 Å². The van der Waals surface area contributed by atoms with Crippen LogP contribution in [0.2, 0.25) is 0 Å². The SMILES string of the molecule is C[C@@H]1CC(C(OC(=O)N(C)C)C(C)(C)O)OC2[C@H]1C1(C)CCC34CC35CCC(O)C(C)(C)[C@@H]5CCC4[C@]1(C)[C@H]2O. The first-order valence-electron chi connectivity index (χ1n) is 16.0. The van der Waals surface area contributed by atoms with Gasteiger partial charge in [0, 0.05) is 19.5 Å². The Morgan fingerprint density at radius 2 is 1.62 bits per heavy atom. The largest absolute Gasteiger partial charge is 0.440 e. The summed E-state index contributed by atoms with van der Waals surface area (Å²) < 4.78 is 12.6. The van der Waals surface area contributed by atoms with Crippen LogP contribution in [0.4, 0.5) is 4.79 Å². The number of aliphatic hydroxyl groups is 3. The van der Waals surface area contributed by atoms with Crippen LogP contribution >= 0.6 is 0 Å². The van der Waals surface area contributed by atoms with Crippen LogP contribution in [0.25, 0.3) is 0 Å². The minimum Gasteiger partial charge on any atom is -0.440 e. The second-order valence-electron chi connectivity index (χ2n) is 16.9. The topological polar surface area (TPSA) is 99.5 Å². The molecule has 0 radical (unpaired) electrons. The van der Waals surface area contributed by atoms with Crippen LogP contribution in [-0.2, 0) is 9.47 Å². The zero-order valence-electron chi connectivity index (χ0n) is 26.4. The highest BCUT2D eigenvalue weighted by Crippen LogP contribution is 2.89. The summed E-state index contributed by atoms with van der Waals surface area (Å²) in [5, 5.41) is 34.4. The lowest BCUT2D eigenvalue weighted by Gasteiger charge is -2.63. The maximum Gasteiger partial charge on any atom is 0.409 e. The van der Waals surface area contributed by atoms with Crippen LogP contribution < -0.4 is 0 Å². The quantitative estimate of drug-likeness (QED) is 0.449. The highest BCUT2D eigenvalue weighted by atomic mass is 16.6. The molecule has 7 nitrogen and oxygen atoms in total. The average molecular weight is 562 g/mol. The lowest BCUT2D eigenvalue weighted by atomic mass is 9.41. The minimum absolute atomic E-state index is 0.0533. The Hall–Kier alpha value is -0.890. The van der Waals surface area contributed by atoms with E-state index in [1.807, 2.05) is 0 Å². The average Bonchev–Trinajstić information content (AvgIpc) is 3.49. The van der Waals surface area contributed by atoms with Crippen molar-refractivity contribution in [1.29, 1.82) is 0 Å². The van der Waals surface area contributed by atoms with Gasteiger partial charge in [-0.15, -0.1) is 0 Å². The van der Waals surface area contributed by atoms with Crippen LogP contribution in [0.3, 0.4) is 0 Å². The molecule has 5 saturated carbocycles. The summed E-state index contributed by atoms with van der Waals surface area (Å²) in [5.74, 6) is 1.46. The van der Waals surface area contributed by atoms with Crippen molar-refractivity contribution in [3.05, 3.63) is 0 Å². The van der Waals surface area contributed by atoms with Gasteiger partial charge in [-0.25, -0.2) is 4.79 Å². The molecule has 6 rings (SSSR count). The molecule has 13 atom stereocenters. The van der Waals surface area contributed by atoms with E-state index < -0.39 is 30.0 Å². The molecule has 0 aromatic heterocycles. The van der Waals surface area contributed by atoms with Crippen molar-refractivity contribution in [2.75, 3.05) is 14.1 Å². The monoisotopic (exact) mass is 561 g/mol. The lowest BCUT2D eigenvalue weighted by molar-refractivity contribution is -0.203. The van der Waals surface area contributed by atoms with Gasteiger partial charge in [-0.1, -0.05) is 34.6 Å². The fourth-order valence-electron chi connectivity index (χ4n) is 12.4. The zero-order valence-corrected chi connectivity index (χ0v) is 26.4. The molecule has 7 heteroatoms. The molecule has 1 heterocycles. The minimum atomic E-state index is -1.28. The van der Waals surface area contributed by atoms with Gasteiger partial charge < -0.3 is 29.7 Å². The summed E-state index contributed by atoms with van der Waals surface area (Å²) in [4.78, 5) is 14.0. The molecule has 3 N–H and O–H groups in total. The normalized spacial score (nSPS) is 53.2. The van der Waals surface area contributed by atoms with Gasteiger partial charge in [0.05, 0.1) is 30.0 Å². The summed E-state index contributed by atoms with van der Waals surface area (Å²) in [5.41, 5.74) is -1.11. The van der Waals surface area contributed by atoms with E-state index >= 15 is 0 Å². The number of aliphatic hydroxyl groups excluding tert-OH is 2. The van der Waals surface area contributed by atoms with Gasteiger partial charge in [-0.05, 0) is 111 Å². The molecular weight excluding hydrogens is 506 g/mol. The molecule has 6 aliphatic rings. The summed E-state index contributed by atoms with van der Waals surface area (Å²) in [6.45, 7) is 15.0. The highest BCUT2D eigenvalue weighted by molar-refractivity contribution is 5.67. The van der Waals surface area contributed by atoms with Gasteiger partial charge in [0.15, 0.2) is 6.10 Å². The van der Waals surface area contributed by atoms with E-state index in [1.54, 1.807) is 27.9 Å². The Morgan fingerprint density at radius 1 is 1.00 bits per heavy atom. The third-order valence-corrected chi connectivity index (χ3v) is 14.4. The van der Waals surface area contributed by atoms with Crippen molar-refractivity contribution in [2.45, 2.75) is 136 Å². The van der Waals surface area contributed by atoms with E-state index in [1.165, 1.54) is 17.7 Å². The highest BCUT2D eigenvalue weighted by Gasteiger charge is 2.84. The van der Waals surface area contributed by atoms with E-state index in [0.717, 1.165) is 32.1 Å². The fourth-order valence-corrected chi connectivity index (χ4v) is 12.4. The first kappa shape index (κ1) is 29.2. The molecule has 6 fully saturated rings. The molecule has 228 valence electrons. The summed E-state index contributed by atoms with van der Waals surface area (Å²) in [7, 11) is 3.28. The van der Waals surface area contributed by atoms with E-state index in [9.17, 15) is 20.1 Å². The first-order valence-corrected chi connectivity index (χ1v) is 16.0. The lowest BCUT2D eigenvalue weighted by Crippen LogP contribution is -2.59. The van der Waals surface area contributed by atoms with Crippen molar-refractivity contribution in [2.24, 2.45) is 50.7 Å². The van der Waals surface area contributed by atoms with E-state index in [4.69, 9.17) is 9.47 Å². The summed E-state index contributed by atoms with van der Waals surface area (Å²) >= 11 is 0. The Kier molecular flexibility index (Phi) is 6.28. The van der Waals surface area contributed by atoms with Crippen LogP contribution in [0.1, 0.15) is 99.8 Å². The van der Waals surface area contributed by atoms with Crippen molar-refractivity contribution in [3.63, 3.8) is 0 Å². The smallest absolute Gasteiger partial charge is 0.409 e. The number of carbonyl (C=O) groups is 1. The summed E-state index contributed by atoms with van der Waals surface area (Å²) in [6, 6.07) is 0. The molecule has 0 aromatic rings. The standard InChI is InChI=1S/C33H55NO6/c1-18-16-19(26(29(4,5)38)40-27(37)34(8)9)39-24-23(18)30(6)14-15-33-17-32(33)13-12-22(35)28(2,3)20(32)10-11-21(33)31(30,7)25(24)36/h18-26,35-36,38H,10-17H2,1-9H3/t18-,19?,20+,21?,22?,23+,24?,25+,26?,30?,31-,32?,33?/m1/s1. The van der Waals surface area contributed by atoms with Crippen molar-refractivity contribution >= 4 is 6.09 Å². The first-order chi connectivity index (χ1) is 18.4. The Labute approximate surface area is 241 Å². The number of ether oxygens (including phenoxy) is 2. The Morgan fingerprint density at radius 3 is 2.25 bits per heavy atom. The van der Waals surface area contributed by atoms with Gasteiger partial charge in [-0.2, -0.15) is 0 Å². The number of rotatable bonds is 3. The second-order valence-corrected chi connectivity index (χ2v) is 16.9. The number of hydrogen-bond donors (Lipinski definition) is 3. The predicted molar refractivity (Wildman–Crippen MR) is 152 cm³/mol. The Bertz CT molecular complexity index is 1050. The Balaban J connectivity index is 1.33. The van der Waals surface area contributed by atoms with Crippen LogP contribution in [0, 0.1) is 50.7 Å². The molecule has 0 bridgehead atoms. The van der Waals surface area contributed by atoms with Gasteiger partial charge >= 0.3 is 6.09 Å². The molecule has 5 aliphatic carbocycles. The van der Waals surface area contributed by atoms with Gasteiger partial charge in [0.2, 0.25) is 0 Å². The third-order valence-electron chi connectivity index (χ3n) is 14.4. The number of carbonyl (C=O) groups excluding carboxylic acids is 1. The molecule has 40 heavy (non-hydrogen) atoms. The van der Waals surface area contributed by atoms with Gasteiger partial charge in [-0.3, -0.25) is 0 Å². The van der Waals surface area contributed by atoms with E-state index in [-0.39, 0.29) is 45.7 Å². The molecule has 0 aromatic carbocycles. The van der Waals surface area contributed by atoms with Gasteiger partial charge in [0.25, 0.3) is 0 Å². The predicted octanol–water partition coefficient (Wildman–Crippen LogP) is 5.00. The zero-order chi connectivity index (χ0) is 29.4. The van der Waals surface area contributed by atoms with E-state index in [2.05, 4.69) is 34.6 Å². The van der Waals surface area contributed by atoms with Crippen LogP contribution in [0.5, 0.6) is 0 Å². The fraction of sp³-hybridized carbons (Fsp3) is 0.970. The van der Waals surface area contributed by atoms with E-state index in [0.29, 0.717) is 23.7 Å². The molecule has 1 saturated heterocycles. The molecule has 1 amide bonds. The molecule has 8 unspecified atom stereocenters. The third kappa shape index (κ3) is 3.41. The van der Waals surface area contributed by atoms with Crippen molar-refractivity contribution < 1.29 is 29.6 Å².